The van der Waals surface area contributed by atoms with E-state index in [-0.39, 0.29) is 17.5 Å². The van der Waals surface area contributed by atoms with Gasteiger partial charge in [0.05, 0.1) is 30.7 Å². The van der Waals surface area contributed by atoms with Gasteiger partial charge in [0.15, 0.2) is 23.1 Å². The average molecular weight is 515 g/mol. The maximum Gasteiger partial charge on any atom is 0.198 e. The molecule has 2 aliphatic rings. The maximum atomic E-state index is 11.9. The Kier molecular flexibility index (Phi) is 7.34. The number of sulfone groups is 1. The van der Waals surface area contributed by atoms with Gasteiger partial charge in [0.25, 0.3) is 0 Å². The largest absolute Gasteiger partial charge is 0.493 e. The summed E-state index contributed by atoms with van der Waals surface area (Å²) in [5.74, 6) is 4.06. The summed E-state index contributed by atoms with van der Waals surface area (Å²) in [6.45, 7) is 5.85. The van der Waals surface area contributed by atoms with E-state index in [0.29, 0.717) is 53.9 Å². The Morgan fingerprint density at radius 1 is 1.11 bits per heavy atom. The molecular weight excluding hydrogens is 480 g/mol. The fourth-order valence-corrected chi connectivity index (χ4v) is 6.38. The Labute approximate surface area is 212 Å². The predicted octanol–water partition coefficient (Wildman–Crippen LogP) is 4.06. The van der Waals surface area contributed by atoms with Gasteiger partial charge in [-0.05, 0) is 70.3 Å². The maximum absolute atomic E-state index is 11.9. The standard InChI is InChI=1S/C26H34N4O5S/c1-18-6-7-22(35-18)26-28-21-17-24(34-13-5-12-30-10-3-4-11-30)23(33-2)16-20(21)25(29-26)27-19-8-14-36(31,32)15-9-19/h6-7,16-17,19H,3-5,8-15H2,1-2H3,(H,27,28,29). The van der Waals surface area contributed by atoms with E-state index in [4.69, 9.17) is 23.9 Å². The van der Waals surface area contributed by atoms with E-state index in [1.165, 1.54) is 25.9 Å². The van der Waals surface area contributed by atoms with Crippen molar-refractivity contribution in [2.75, 3.05) is 50.2 Å². The van der Waals surface area contributed by atoms with Gasteiger partial charge in [-0.15, -0.1) is 0 Å². The molecule has 3 aromatic rings. The second-order valence-electron chi connectivity index (χ2n) is 9.65. The van der Waals surface area contributed by atoms with Gasteiger partial charge in [0, 0.05) is 24.0 Å². The lowest BCUT2D eigenvalue weighted by Gasteiger charge is -2.24. The summed E-state index contributed by atoms with van der Waals surface area (Å²) in [6.07, 6.45) is 4.59. The van der Waals surface area contributed by atoms with Crippen molar-refractivity contribution in [2.45, 2.75) is 45.1 Å². The van der Waals surface area contributed by atoms with E-state index in [2.05, 4.69) is 10.2 Å². The molecule has 36 heavy (non-hydrogen) atoms. The van der Waals surface area contributed by atoms with Crippen molar-refractivity contribution in [2.24, 2.45) is 0 Å². The number of aromatic nitrogens is 2. The summed E-state index contributed by atoms with van der Waals surface area (Å²) in [6, 6.07) is 7.52. The number of likely N-dealkylation sites (tertiary alicyclic amines) is 1. The molecule has 10 heteroatoms. The molecular formula is C26H34N4O5S. The highest BCUT2D eigenvalue weighted by Gasteiger charge is 2.25. The molecule has 194 valence electrons. The van der Waals surface area contributed by atoms with Crippen LogP contribution in [0.15, 0.2) is 28.7 Å². The third-order valence-electron chi connectivity index (χ3n) is 6.91. The molecule has 2 aromatic heterocycles. The van der Waals surface area contributed by atoms with Crippen LogP contribution in [0, 0.1) is 6.92 Å². The number of ether oxygens (including phenoxy) is 2. The number of nitrogens with one attached hydrogen (secondary N) is 1. The van der Waals surface area contributed by atoms with Crippen molar-refractivity contribution in [1.29, 1.82) is 0 Å². The van der Waals surface area contributed by atoms with Gasteiger partial charge in [-0.25, -0.2) is 18.4 Å². The van der Waals surface area contributed by atoms with Gasteiger partial charge in [-0.3, -0.25) is 0 Å². The van der Waals surface area contributed by atoms with E-state index in [1.807, 2.05) is 31.2 Å². The van der Waals surface area contributed by atoms with Crippen LogP contribution in [0.25, 0.3) is 22.5 Å². The molecule has 0 radical (unpaired) electrons. The number of fused-ring (bicyclic) bond motifs is 1. The Balaban J connectivity index is 1.43. The topological polar surface area (TPSA) is 107 Å². The van der Waals surface area contributed by atoms with Gasteiger partial charge >= 0.3 is 0 Å². The van der Waals surface area contributed by atoms with Crippen LogP contribution in [-0.2, 0) is 9.84 Å². The molecule has 4 heterocycles. The number of nitrogens with zero attached hydrogens (tertiary/aromatic N) is 3. The van der Waals surface area contributed by atoms with Crippen molar-refractivity contribution in [1.82, 2.24) is 14.9 Å². The summed E-state index contributed by atoms with van der Waals surface area (Å²) in [7, 11) is -1.34. The fourth-order valence-electron chi connectivity index (χ4n) is 4.89. The zero-order valence-electron chi connectivity index (χ0n) is 21.0. The average Bonchev–Trinajstić information content (AvgIpc) is 3.54. The summed E-state index contributed by atoms with van der Waals surface area (Å²) < 4.78 is 41.4. The highest BCUT2D eigenvalue weighted by Crippen LogP contribution is 2.36. The van der Waals surface area contributed by atoms with Crippen LogP contribution in [0.3, 0.4) is 0 Å². The van der Waals surface area contributed by atoms with Crippen molar-refractivity contribution in [3.63, 3.8) is 0 Å². The Morgan fingerprint density at radius 2 is 1.89 bits per heavy atom. The molecule has 0 unspecified atom stereocenters. The van der Waals surface area contributed by atoms with E-state index >= 15 is 0 Å². The third kappa shape index (κ3) is 5.75. The lowest BCUT2D eigenvalue weighted by Crippen LogP contribution is -2.32. The molecule has 2 aliphatic heterocycles. The van der Waals surface area contributed by atoms with E-state index < -0.39 is 9.84 Å². The van der Waals surface area contributed by atoms with Gasteiger partial charge in [0.1, 0.15) is 21.4 Å². The molecule has 1 aromatic carbocycles. The molecule has 0 aliphatic carbocycles. The van der Waals surface area contributed by atoms with Crippen molar-refractivity contribution >= 4 is 26.6 Å². The first-order valence-electron chi connectivity index (χ1n) is 12.7. The fraction of sp³-hybridized carbons (Fsp3) is 0.538. The van der Waals surface area contributed by atoms with Crippen LogP contribution in [0.4, 0.5) is 5.82 Å². The van der Waals surface area contributed by atoms with Crippen molar-refractivity contribution in [3.05, 3.63) is 30.0 Å². The first-order chi connectivity index (χ1) is 17.4. The minimum absolute atomic E-state index is 0.00493. The number of anilines is 1. The number of rotatable bonds is 9. The van der Waals surface area contributed by atoms with Crippen LogP contribution in [-0.4, -0.2) is 74.2 Å². The van der Waals surface area contributed by atoms with Gasteiger partial charge in [-0.2, -0.15) is 0 Å². The number of furan rings is 1. The number of aryl methyl sites for hydroxylation is 1. The highest BCUT2D eigenvalue weighted by atomic mass is 32.2. The van der Waals surface area contributed by atoms with Crippen molar-refractivity contribution in [3.8, 4) is 23.1 Å². The highest BCUT2D eigenvalue weighted by molar-refractivity contribution is 7.91. The normalized spacial score (nSPS) is 18.5. The van der Waals surface area contributed by atoms with Gasteiger partial charge in [-0.1, -0.05) is 0 Å². The number of hydrogen-bond donors (Lipinski definition) is 1. The molecule has 9 nitrogen and oxygen atoms in total. The zero-order valence-corrected chi connectivity index (χ0v) is 21.8. The second-order valence-corrected chi connectivity index (χ2v) is 12.0. The third-order valence-corrected chi connectivity index (χ3v) is 8.63. The first kappa shape index (κ1) is 24.8. The summed E-state index contributed by atoms with van der Waals surface area (Å²) in [5.41, 5.74) is 0.704. The SMILES string of the molecule is COc1cc2c(NC3CCS(=O)(=O)CC3)nc(-c3ccc(C)o3)nc2cc1OCCCN1CCCC1. The Morgan fingerprint density at radius 3 is 2.58 bits per heavy atom. The van der Waals surface area contributed by atoms with Crippen LogP contribution >= 0.6 is 0 Å². The summed E-state index contributed by atoms with van der Waals surface area (Å²) in [5, 5.41) is 4.26. The number of methoxy groups -OCH3 is 1. The zero-order chi connectivity index (χ0) is 25.1. The van der Waals surface area contributed by atoms with Crippen molar-refractivity contribution < 1.29 is 22.3 Å². The second kappa shape index (κ2) is 10.6. The van der Waals surface area contributed by atoms with Gasteiger partial charge in [0.2, 0.25) is 0 Å². The molecule has 2 saturated heterocycles. The molecule has 1 N–H and O–H groups in total. The Hall–Kier alpha value is -2.85. The summed E-state index contributed by atoms with van der Waals surface area (Å²) in [4.78, 5) is 12.0. The molecule has 0 bridgehead atoms. The lowest BCUT2D eigenvalue weighted by molar-refractivity contribution is 0.254. The molecule has 5 rings (SSSR count). The van der Waals surface area contributed by atoms with Crippen LogP contribution in [0.1, 0.15) is 37.9 Å². The lowest BCUT2D eigenvalue weighted by atomic mass is 10.1. The molecule has 0 saturated carbocycles. The minimum atomic E-state index is -2.96. The predicted molar refractivity (Wildman–Crippen MR) is 140 cm³/mol. The van der Waals surface area contributed by atoms with Gasteiger partial charge < -0.3 is 24.1 Å². The van der Waals surface area contributed by atoms with E-state index in [0.717, 1.165) is 24.1 Å². The quantitative estimate of drug-likeness (QED) is 0.423. The molecule has 0 spiro atoms. The first-order valence-corrected chi connectivity index (χ1v) is 14.5. The minimum Gasteiger partial charge on any atom is -0.493 e. The van der Waals surface area contributed by atoms with Crippen LogP contribution < -0.4 is 14.8 Å². The number of hydrogen-bond acceptors (Lipinski definition) is 9. The molecule has 2 fully saturated rings. The number of benzene rings is 1. The van der Waals surface area contributed by atoms with E-state index in [1.54, 1.807) is 7.11 Å². The molecule has 0 atom stereocenters. The monoisotopic (exact) mass is 514 g/mol. The Bertz CT molecular complexity index is 1300. The smallest absolute Gasteiger partial charge is 0.198 e. The molecule has 0 amide bonds. The van der Waals surface area contributed by atoms with E-state index in [9.17, 15) is 8.42 Å². The summed E-state index contributed by atoms with van der Waals surface area (Å²) >= 11 is 0. The van der Waals surface area contributed by atoms with Crippen LogP contribution in [0.2, 0.25) is 0 Å². The van der Waals surface area contributed by atoms with Crippen LogP contribution in [0.5, 0.6) is 11.5 Å².